The minimum atomic E-state index is -1.47. The van der Waals surface area contributed by atoms with Gasteiger partial charge in [0, 0.05) is 12.8 Å². The Morgan fingerprint density at radius 3 is 1.71 bits per heavy atom. The van der Waals surface area contributed by atoms with E-state index in [4.69, 9.17) is 22.9 Å². The molecule has 0 saturated heterocycles. The summed E-state index contributed by atoms with van der Waals surface area (Å²) >= 11 is 0. The lowest BCUT2D eigenvalue weighted by atomic mass is 10.1. The molecule has 15 heteroatoms. The molecule has 0 aliphatic heterocycles. The van der Waals surface area contributed by atoms with Crippen LogP contribution in [0.15, 0.2) is 0 Å². The van der Waals surface area contributed by atoms with E-state index in [1.54, 1.807) is 0 Å². The first-order valence-electron chi connectivity index (χ1n) is 10.7. The molecule has 0 aliphatic rings. The maximum atomic E-state index is 12.7. The average Bonchev–Trinajstić information content (AvgIpc) is 2.76. The van der Waals surface area contributed by atoms with Crippen molar-refractivity contribution < 1.29 is 39.0 Å². The number of nitrogens with one attached hydrogen (secondary N) is 3. The first-order valence-corrected chi connectivity index (χ1v) is 10.7. The van der Waals surface area contributed by atoms with E-state index in [0.717, 1.165) is 0 Å². The molecule has 194 valence electrons. The topological polar surface area (TPSA) is 283 Å². The number of carboxylic acids is 1. The van der Waals surface area contributed by atoms with Gasteiger partial charge in [0.25, 0.3) is 0 Å². The van der Waals surface area contributed by atoms with Crippen molar-refractivity contribution in [2.75, 3.05) is 13.2 Å². The van der Waals surface area contributed by atoms with Crippen molar-refractivity contribution in [3.05, 3.63) is 0 Å². The van der Waals surface area contributed by atoms with Crippen LogP contribution in [0.3, 0.4) is 0 Å². The second-order valence-corrected chi connectivity index (χ2v) is 7.61. The molecule has 0 spiro atoms. The molecule has 5 amide bonds. The van der Waals surface area contributed by atoms with Crippen molar-refractivity contribution in [1.29, 1.82) is 0 Å². The first-order chi connectivity index (χ1) is 15.9. The van der Waals surface area contributed by atoms with Crippen molar-refractivity contribution in [3.8, 4) is 0 Å². The fraction of sp³-hybridized carbons (Fsp3) is 0.684. The van der Waals surface area contributed by atoms with Gasteiger partial charge >= 0.3 is 5.97 Å². The van der Waals surface area contributed by atoms with E-state index in [-0.39, 0.29) is 32.1 Å². The Hall–Kier alpha value is -3.30. The zero-order valence-corrected chi connectivity index (χ0v) is 18.8. The van der Waals surface area contributed by atoms with Gasteiger partial charge in [-0.05, 0) is 38.6 Å². The van der Waals surface area contributed by atoms with Crippen molar-refractivity contribution in [2.45, 2.75) is 69.1 Å². The lowest BCUT2D eigenvalue weighted by Crippen LogP contribution is -2.58. The summed E-state index contributed by atoms with van der Waals surface area (Å²) in [6.45, 7) is -0.509. The molecular weight excluding hydrogens is 454 g/mol. The molecule has 0 radical (unpaired) electrons. The Kier molecular flexibility index (Phi) is 14.7. The number of carboxylic acid groups (broad SMARTS) is 1. The number of rotatable bonds is 18. The highest BCUT2D eigenvalue weighted by Gasteiger charge is 2.30. The second kappa shape index (κ2) is 16.3. The Labute approximate surface area is 196 Å². The number of carbonyl (C=O) groups excluding carboxylic acids is 5. The van der Waals surface area contributed by atoms with Crippen LogP contribution in [-0.2, 0) is 28.8 Å². The molecule has 0 aromatic rings. The molecule has 15 nitrogen and oxygen atoms in total. The van der Waals surface area contributed by atoms with Gasteiger partial charge in [0.05, 0.1) is 12.6 Å². The standard InChI is InChI=1S/C19H35N7O8/c20-8-2-1-3-11(17(31)25-12(19(33)34)5-7-15(23)29)24-18(32)13(9-27)26-16(30)10(21)4-6-14(22)28/h10-13,27H,1-9,20-21H2,(H2,22,28)(H2,23,29)(H,24,32)(H,25,31)(H,26,30)(H,33,34). The van der Waals surface area contributed by atoms with Gasteiger partial charge in [-0.3, -0.25) is 24.0 Å². The molecule has 4 unspecified atom stereocenters. The highest BCUT2D eigenvalue weighted by Crippen LogP contribution is 2.05. The fourth-order valence-electron chi connectivity index (χ4n) is 2.75. The number of nitrogens with two attached hydrogens (primary N) is 4. The third kappa shape index (κ3) is 12.7. The summed E-state index contributed by atoms with van der Waals surface area (Å²) < 4.78 is 0. The van der Waals surface area contributed by atoms with E-state index >= 15 is 0 Å². The summed E-state index contributed by atoms with van der Waals surface area (Å²) in [6, 6.07) is -5.28. The number of aliphatic carboxylic acids is 1. The number of carbonyl (C=O) groups is 6. The van der Waals surface area contributed by atoms with Crippen LogP contribution in [0.2, 0.25) is 0 Å². The summed E-state index contributed by atoms with van der Waals surface area (Å²) in [5.74, 6) is -5.40. The van der Waals surface area contributed by atoms with E-state index in [2.05, 4.69) is 16.0 Å². The van der Waals surface area contributed by atoms with Crippen LogP contribution in [0, 0.1) is 0 Å². The molecule has 4 atom stereocenters. The van der Waals surface area contributed by atoms with Gasteiger partial charge in [-0.15, -0.1) is 0 Å². The Bertz CT molecular complexity index is 733. The number of amides is 5. The molecule has 0 fully saturated rings. The van der Waals surface area contributed by atoms with E-state index < -0.39 is 66.3 Å². The van der Waals surface area contributed by atoms with Crippen LogP contribution < -0.4 is 38.9 Å². The molecular formula is C19H35N7O8. The lowest BCUT2D eigenvalue weighted by molar-refractivity contribution is -0.142. The number of aliphatic hydroxyl groups is 1. The van der Waals surface area contributed by atoms with E-state index in [1.807, 2.05) is 0 Å². The molecule has 0 rings (SSSR count). The molecule has 34 heavy (non-hydrogen) atoms. The minimum absolute atomic E-state index is 0.0765. The van der Waals surface area contributed by atoms with Crippen molar-refractivity contribution in [2.24, 2.45) is 22.9 Å². The first kappa shape index (κ1) is 30.7. The zero-order valence-electron chi connectivity index (χ0n) is 18.8. The van der Waals surface area contributed by atoms with Gasteiger partial charge < -0.3 is 49.1 Å². The summed E-state index contributed by atoms with van der Waals surface area (Å²) in [6.07, 6.45) is 0.234. The summed E-state index contributed by atoms with van der Waals surface area (Å²) in [5, 5.41) is 25.6. The molecule has 0 saturated carbocycles. The van der Waals surface area contributed by atoms with Gasteiger partial charge in [0.2, 0.25) is 29.5 Å². The third-order valence-corrected chi connectivity index (χ3v) is 4.73. The molecule has 0 aromatic heterocycles. The monoisotopic (exact) mass is 489 g/mol. The molecule has 0 bridgehead atoms. The van der Waals surface area contributed by atoms with Crippen molar-refractivity contribution >= 4 is 35.5 Å². The highest BCUT2D eigenvalue weighted by atomic mass is 16.4. The molecule has 0 aliphatic carbocycles. The lowest BCUT2D eigenvalue weighted by Gasteiger charge is -2.24. The average molecular weight is 490 g/mol. The molecule has 13 N–H and O–H groups in total. The van der Waals surface area contributed by atoms with Gasteiger partial charge in [0.15, 0.2) is 0 Å². The van der Waals surface area contributed by atoms with Crippen LogP contribution in [-0.4, -0.2) is 83.0 Å². The summed E-state index contributed by atoms with van der Waals surface area (Å²) in [5.41, 5.74) is 21.1. The Morgan fingerprint density at radius 2 is 1.21 bits per heavy atom. The normalized spacial score (nSPS) is 14.2. The van der Waals surface area contributed by atoms with E-state index in [1.165, 1.54) is 0 Å². The minimum Gasteiger partial charge on any atom is -0.480 e. The van der Waals surface area contributed by atoms with Crippen molar-refractivity contribution in [3.63, 3.8) is 0 Å². The summed E-state index contributed by atoms with van der Waals surface area (Å²) in [4.78, 5) is 70.6. The Morgan fingerprint density at radius 1 is 0.706 bits per heavy atom. The number of aliphatic hydroxyl groups excluding tert-OH is 1. The maximum Gasteiger partial charge on any atom is 0.326 e. The Balaban J connectivity index is 5.26. The van der Waals surface area contributed by atoms with Crippen LogP contribution >= 0.6 is 0 Å². The van der Waals surface area contributed by atoms with Gasteiger partial charge in [-0.1, -0.05) is 0 Å². The summed E-state index contributed by atoms with van der Waals surface area (Å²) in [7, 11) is 0. The highest BCUT2D eigenvalue weighted by molar-refractivity contribution is 5.94. The molecule has 0 heterocycles. The zero-order chi connectivity index (χ0) is 26.3. The predicted octanol–water partition coefficient (Wildman–Crippen LogP) is -4.50. The van der Waals surface area contributed by atoms with Crippen LogP contribution in [0.4, 0.5) is 0 Å². The van der Waals surface area contributed by atoms with Gasteiger partial charge in [-0.25, -0.2) is 4.79 Å². The fourth-order valence-corrected chi connectivity index (χ4v) is 2.75. The number of primary amides is 2. The number of hydrogen-bond donors (Lipinski definition) is 9. The number of hydrogen-bond acceptors (Lipinski definition) is 9. The smallest absolute Gasteiger partial charge is 0.326 e. The predicted molar refractivity (Wildman–Crippen MR) is 118 cm³/mol. The van der Waals surface area contributed by atoms with Crippen LogP contribution in [0.1, 0.15) is 44.9 Å². The second-order valence-electron chi connectivity index (χ2n) is 7.61. The largest absolute Gasteiger partial charge is 0.480 e. The van der Waals surface area contributed by atoms with E-state index in [0.29, 0.717) is 19.4 Å². The quantitative estimate of drug-likeness (QED) is 0.0831. The van der Waals surface area contributed by atoms with Crippen LogP contribution in [0.25, 0.3) is 0 Å². The molecule has 0 aromatic carbocycles. The third-order valence-electron chi connectivity index (χ3n) is 4.73. The number of unbranched alkanes of at least 4 members (excludes halogenated alkanes) is 1. The van der Waals surface area contributed by atoms with Crippen molar-refractivity contribution in [1.82, 2.24) is 16.0 Å². The van der Waals surface area contributed by atoms with Crippen LogP contribution in [0.5, 0.6) is 0 Å². The maximum absolute atomic E-state index is 12.7. The SMILES string of the molecule is NCCCCC(NC(=O)C(CO)NC(=O)C(N)CCC(N)=O)C(=O)NC(CCC(N)=O)C(=O)O. The van der Waals surface area contributed by atoms with E-state index in [9.17, 15) is 39.0 Å². The van der Waals surface area contributed by atoms with Gasteiger partial charge in [0.1, 0.15) is 18.1 Å². The van der Waals surface area contributed by atoms with Gasteiger partial charge in [-0.2, -0.15) is 0 Å².